The number of piperidine rings is 1. The molecule has 0 saturated carbocycles. The van der Waals surface area contributed by atoms with Crippen LogP contribution in [0.3, 0.4) is 0 Å². The highest BCUT2D eigenvalue weighted by Gasteiger charge is 2.13. The van der Waals surface area contributed by atoms with Gasteiger partial charge in [0.25, 0.3) is 0 Å². The maximum atomic E-state index is 5.73. The predicted octanol–water partition coefficient (Wildman–Crippen LogP) is 1.06. The van der Waals surface area contributed by atoms with Gasteiger partial charge in [-0.05, 0) is 31.3 Å². The fraction of sp³-hybridized carbons (Fsp3) is 1.00. The van der Waals surface area contributed by atoms with Gasteiger partial charge in [0.05, 0.1) is 0 Å². The van der Waals surface area contributed by atoms with Gasteiger partial charge in [0, 0.05) is 25.7 Å². The molecule has 4 heteroatoms. The minimum absolute atomic E-state index is 0.473. The van der Waals surface area contributed by atoms with Crippen LogP contribution in [-0.4, -0.2) is 42.7 Å². The van der Waals surface area contributed by atoms with E-state index in [1.807, 2.05) is 11.8 Å². The molecule has 3 N–H and O–H groups in total. The number of hydrazine groups is 1. The Bertz CT molecular complexity index is 137. The normalized spacial score (nSPS) is 21.0. The maximum Gasteiger partial charge on any atom is 0.0345 e. The zero-order chi connectivity index (χ0) is 10.2. The molecule has 0 bridgehead atoms. The van der Waals surface area contributed by atoms with Crippen molar-refractivity contribution in [2.75, 3.05) is 31.6 Å². The van der Waals surface area contributed by atoms with Crippen LogP contribution in [0.2, 0.25) is 0 Å². The molecular formula is C10H23N3S. The maximum absolute atomic E-state index is 5.73. The van der Waals surface area contributed by atoms with E-state index < -0.39 is 0 Å². The molecule has 14 heavy (non-hydrogen) atoms. The summed E-state index contributed by atoms with van der Waals surface area (Å²) in [4.78, 5) is 0. The van der Waals surface area contributed by atoms with Crippen LogP contribution in [0.25, 0.3) is 0 Å². The van der Waals surface area contributed by atoms with E-state index >= 15 is 0 Å². The Morgan fingerprint density at radius 2 is 2.07 bits per heavy atom. The fourth-order valence-corrected chi connectivity index (χ4v) is 2.30. The van der Waals surface area contributed by atoms with Gasteiger partial charge < -0.3 is 5.73 Å². The van der Waals surface area contributed by atoms with Crippen LogP contribution >= 0.6 is 11.8 Å². The minimum atomic E-state index is 0.473. The lowest BCUT2D eigenvalue weighted by atomic mass is 10.1. The van der Waals surface area contributed by atoms with Crippen molar-refractivity contribution in [2.24, 2.45) is 5.73 Å². The number of thioether (sulfide) groups is 1. The number of hydrogen-bond acceptors (Lipinski definition) is 4. The third-order valence-corrected chi connectivity index (χ3v) is 3.32. The van der Waals surface area contributed by atoms with Gasteiger partial charge >= 0.3 is 0 Å². The summed E-state index contributed by atoms with van der Waals surface area (Å²) in [5, 5.41) is 2.35. The highest BCUT2D eigenvalue weighted by molar-refractivity contribution is 7.98. The first-order valence-electron chi connectivity index (χ1n) is 5.57. The summed E-state index contributed by atoms with van der Waals surface area (Å²) in [7, 11) is 0. The minimum Gasteiger partial charge on any atom is -0.329 e. The molecule has 84 valence electrons. The third-order valence-electron chi connectivity index (χ3n) is 2.68. The summed E-state index contributed by atoms with van der Waals surface area (Å²) in [6.45, 7) is 3.13. The van der Waals surface area contributed by atoms with Gasteiger partial charge in [0.15, 0.2) is 0 Å². The molecule has 1 aliphatic rings. The molecule has 0 amide bonds. The summed E-state index contributed by atoms with van der Waals surface area (Å²) in [5.41, 5.74) is 9.27. The van der Waals surface area contributed by atoms with E-state index in [4.69, 9.17) is 5.73 Å². The zero-order valence-corrected chi connectivity index (χ0v) is 9.98. The van der Waals surface area contributed by atoms with Gasteiger partial charge in [-0.3, -0.25) is 5.43 Å². The average Bonchev–Trinajstić information content (AvgIpc) is 2.25. The quantitative estimate of drug-likeness (QED) is 0.698. The molecule has 0 aliphatic carbocycles. The Balaban J connectivity index is 2.16. The summed E-state index contributed by atoms with van der Waals surface area (Å²) in [6.07, 6.45) is 7.36. The lowest BCUT2D eigenvalue weighted by Crippen LogP contribution is -2.50. The highest BCUT2D eigenvalue weighted by Crippen LogP contribution is 2.07. The standard InChI is InChI=1S/C10H23N3S/c1-14-8-5-10(9-11)12-13-6-3-2-4-7-13/h10,12H,2-9,11H2,1H3. The van der Waals surface area contributed by atoms with Gasteiger partial charge in [0.2, 0.25) is 0 Å². The Kier molecular flexibility index (Phi) is 6.60. The Morgan fingerprint density at radius 1 is 1.36 bits per heavy atom. The number of rotatable bonds is 6. The van der Waals surface area contributed by atoms with E-state index in [9.17, 15) is 0 Å². The molecule has 0 radical (unpaired) electrons. The van der Waals surface area contributed by atoms with Crippen molar-refractivity contribution in [1.82, 2.24) is 10.4 Å². The zero-order valence-electron chi connectivity index (χ0n) is 9.17. The van der Waals surface area contributed by atoms with Crippen molar-refractivity contribution in [3.05, 3.63) is 0 Å². The van der Waals surface area contributed by atoms with Crippen molar-refractivity contribution in [3.63, 3.8) is 0 Å². The molecule has 0 aromatic carbocycles. The van der Waals surface area contributed by atoms with Crippen molar-refractivity contribution in [3.8, 4) is 0 Å². The molecule has 1 heterocycles. The summed E-state index contributed by atoms with van der Waals surface area (Å²) in [5.74, 6) is 1.20. The van der Waals surface area contributed by atoms with Gasteiger partial charge in [-0.2, -0.15) is 11.8 Å². The van der Waals surface area contributed by atoms with Crippen LogP contribution in [-0.2, 0) is 0 Å². The first-order chi connectivity index (χ1) is 6.86. The monoisotopic (exact) mass is 217 g/mol. The summed E-state index contributed by atoms with van der Waals surface area (Å²) < 4.78 is 0. The van der Waals surface area contributed by atoms with Crippen LogP contribution in [0.5, 0.6) is 0 Å². The Labute approximate surface area is 91.8 Å². The van der Waals surface area contributed by atoms with E-state index in [-0.39, 0.29) is 0 Å². The molecule has 0 aromatic heterocycles. The largest absolute Gasteiger partial charge is 0.329 e. The molecule has 1 rings (SSSR count). The second-order valence-corrected chi connectivity index (χ2v) is 4.88. The molecule has 1 aliphatic heterocycles. The van der Waals surface area contributed by atoms with Gasteiger partial charge in [-0.15, -0.1) is 0 Å². The van der Waals surface area contributed by atoms with Crippen LogP contribution in [0.4, 0.5) is 0 Å². The summed E-state index contributed by atoms with van der Waals surface area (Å²) in [6, 6.07) is 0.473. The predicted molar refractivity (Wildman–Crippen MR) is 64.4 cm³/mol. The topological polar surface area (TPSA) is 41.3 Å². The smallest absolute Gasteiger partial charge is 0.0345 e. The average molecular weight is 217 g/mol. The van der Waals surface area contributed by atoms with Gasteiger partial charge in [-0.25, -0.2) is 5.01 Å². The molecule has 1 saturated heterocycles. The number of hydrogen-bond donors (Lipinski definition) is 2. The lowest BCUT2D eigenvalue weighted by Gasteiger charge is -2.31. The summed E-state index contributed by atoms with van der Waals surface area (Å²) >= 11 is 1.89. The van der Waals surface area contributed by atoms with E-state index in [0.717, 1.165) is 6.54 Å². The second-order valence-electron chi connectivity index (χ2n) is 3.89. The SMILES string of the molecule is CSCCC(CN)NN1CCCCC1. The van der Waals surface area contributed by atoms with Crippen molar-refractivity contribution in [2.45, 2.75) is 31.7 Å². The molecule has 1 unspecified atom stereocenters. The molecule has 0 spiro atoms. The Hall–Kier alpha value is 0.230. The van der Waals surface area contributed by atoms with Crippen molar-refractivity contribution < 1.29 is 0 Å². The van der Waals surface area contributed by atoms with Gasteiger partial charge in [-0.1, -0.05) is 6.42 Å². The molecule has 3 nitrogen and oxygen atoms in total. The molecule has 1 fully saturated rings. The number of nitrogens with zero attached hydrogens (tertiary/aromatic N) is 1. The molecule has 1 atom stereocenters. The van der Waals surface area contributed by atoms with Crippen molar-refractivity contribution >= 4 is 11.8 Å². The Morgan fingerprint density at radius 3 is 2.64 bits per heavy atom. The highest BCUT2D eigenvalue weighted by atomic mass is 32.2. The molecular weight excluding hydrogens is 194 g/mol. The van der Waals surface area contributed by atoms with Crippen LogP contribution < -0.4 is 11.2 Å². The third kappa shape index (κ3) is 4.64. The van der Waals surface area contributed by atoms with E-state index in [2.05, 4.69) is 16.7 Å². The second kappa shape index (κ2) is 7.51. The van der Waals surface area contributed by atoms with Gasteiger partial charge in [0.1, 0.15) is 0 Å². The van der Waals surface area contributed by atoms with Crippen LogP contribution in [0.1, 0.15) is 25.7 Å². The number of nitrogens with two attached hydrogens (primary N) is 1. The van der Waals surface area contributed by atoms with Crippen LogP contribution in [0, 0.1) is 0 Å². The molecule has 0 aromatic rings. The van der Waals surface area contributed by atoms with E-state index in [1.165, 1.54) is 44.5 Å². The number of nitrogens with one attached hydrogen (secondary N) is 1. The van der Waals surface area contributed by atoms with Crippen LogP contribution in [0.15, 0.2) is 0 Å². The van der Waals surface area contributed by atoms with E-state index in [0.29, 0.717) is 6.04 Å². The lowest BCUT2D eigenvalue weighted by molar-refractivity contribution is 0.129. The fourth-order valence-electron chi connectivity index (χ4n) is 1.78. The van der Waals surface area contributed by atoms with Crippen molar-refractivity contribution in [1.29, 1.82) is 0 Å². The first-order valence-corrected chi connectivity index (χ1v) is 6.96. The van der Waals surface area contributed by atoms with E-state index in [1.54, 1.807) is 0 Å². The first kappa shape index (κ1) is 12.3.